The minimum Gasteiger partial charge on any atom is -0.493 e. The van der Waals surface area contributed by atoms with Crippen LogP contribution in [-0.2, 0) is 4.79 Å². The molecule has 1 amide bonds. The van der Waals surface area contributed by atoms with Crippen LogP contribution in [0.5, 0.6) is 11.5 Å². The summed E-state index contributed by atoms with van der Waals surface area (Å²) >= 11 is 3.34. The number of anilines is 1. The SMILES string of the molecule is CCCCOc1ccc(/C=C(\C#N)C(=O)Nc2ccc(Br)cc2)cc1OC. The molecule has 6 heteroatoms. The molecule has 27 heavy (non-hydrogen) atoms. The van der Waals surface area contributed by atoms with E-state index in [-0.39, 0.29) is 5.57 Å². The van der Waals surface area contributed by atoms with Gasteiger partial charge < -0.3 is 14.8 Å². The van der Waals surface area contributed by atoms with Crippen LogP contribution in [0.2, 0.25) is 0 Å². The van der Waals surface area contributed by atoms with Crippen molar-refractivity contribution in [3.05, 3.63) is 58.1 Å². The number of carbonyl (C=O) groups excluding carboxylic acids is 1. The van der Waals surface area contributed by atoms with Crippen LogP contribution in [-0.4, -0.2) is 19.6 Å². The number of rotatable bonds is 8. The van der Waals surface area contributed by atoms with Gasteiger partial charge in [0.05, 0.1) is 13.7 Å². The Hall–Kier alpha value is -2.78. The molecule has 0 heterocycles. The Balaban J connectivity index is 2.17. The van der Waals surface area contributed by atoms with Crippen LogP contribution in [0.4, 0.5) is 5.69 Å². The molecule has 140 valence electrons. The van der Waals surface area contributed by atoms with Gasteiger partial charge in [-0.15, -0.1) is 0 Å². The van der Waals surface area contributed by atoms with Crippen LogP contribution >= 0.6 is 15.9 Å². The molecule has 2 aromatic carbocycles. The Morgan fingerprint density at radius 1 is 1.22 bits per heavy atom. The van der Waals surface area contributed by atoms with Crippen LogP contribution in [0.25, 0.3) is 6.08 Å². The molecule has 0 atom stereocenters. The molecule has 0 fully saturated rings. The average molecular weight is 429 g/mol. The highest BCUT2D eigenvalue weighted by Crippen LogP contribution is 2.29. The number of benzene rings is 2. The molecule has 0 aliphatic rings. The standard InChI is InChI=1S/C21H21BrN2O3/c1-3-4-11-27-19-10-5-15(13-20(19)26-2)12-16(14-23)21(25)24-18-8-6-17(22)7-9-18/h5-10,12-13H,3-4,11H2,1-2H3,(H,24,25)/b16-12+. The number of unbranched alkanes of at least 4 members (excludes halogenated alkanes) is 1. The van der Waals surface area contributed by atoms with Crippen molar-refractivity contribution in [2.24, 2.45) is 0 Å². The van der Waals surface area contributed by atoms with Crippen LogP contribution in [0.15, 0.2) is 52.5 Å². The maximum Gasteiger partial charge on any atom is 0.266 e. The van der Waals surface area contributed by atoms with Crippen molar-refractivity contribution < 1.29 is 14.3 Å². The number of ether oxygens (including phenoxy) is 2. The first-order valence-electron chi connectivity index (χ1n) is 8.57. The van der Waals surface area contributed by atoms with E-state index in [1.54, 1.807) is 37.4 Å². The van der Waals surface area contributed by atoms with Crippen molar-refractivity contribution in [1.82, 2.24) is 0 Å². The number of amides is 1. The Morgan fingerprint density at radius 2 is 1.96 bits per heavy atom. The molecule has 2 aromatic rings. The van der Waals surface area contributed by atoms with E-state index in [0.29, 0.717) is 29.4 Å². The molecular formula is C21H21BrN2O3. The highest BCUT2D eigenvalue weighted by Gasteiger charge is 2.11. The molecule has 5 nitrogen and oxygen atoms in total. The highest BCUT2D eigenvalue weighted by molar-refractivity contribution is 9.10. The zero-order chi connectivity index (χ0) is 19.6. The number of hydrogen-bond donors (Lipinski definition) is 1. The molecule has 0 spiro atoms. The van der Waals surface area contributed by atoms with Crippen LogP contribution in [0, 0.1) is 11.3 Å². The summed E-state index contributed by atoms with van der Waals surface area (Å²) in [6.07, 6.45) is 3.52. The van der Waals surface area contributed by atoms with E-state index in [9.17, 15) is 10.1 Å². The second kappa shape index (κ2) is 10.4. The van der Waals surface area contributed by atoms with Crippen molar-refractivity contribution in [3.8, 4) is 17.6 Å². The number of carbonyl (C=O) groups is 1. The molecule has 0 saturated heterocycles. The number of nitrogens with one attached hydrogen (secondary N) is 1. The minimum absolute atomic E-state index is 0.000349. The number of methoxy groups -OCH3 is 1. The first kappa shape index (κ1) is 20.5. The lowest BCUT2D eigenvalue weighted by molar-refractivity contribution is -0.112. The van der Waals surface area contributed by atoms with E-state index >= 15 is 0 Å². The van der Waals surface area contributed by atoms with Gasteiger partial charge >= 0.3 is 0 Å². The summed E-state index contributed by atoms with van der Waals surface area (Å²) in [7, 11) is 1.56. The molecule has 0 bridgehead atoms. The molecule has 0 saturated carbocycles. The van der Waals surface area contributed by atoms with Gasteiger partial charge in [-0.3, -0.25) is 4.79 Å². The summed E-state index contributed by atoms with van der Waals surface area (Å²) in [5.41, 5.74) is 1.29. The zero-order valence-corrected chi connectivity index (χ0v) is 16.9. The monoisotopic (exact) mass is 428 g/mol. The number of hydrogen-bond acceptors (Lipinski definition) is 4. The molecule has 2 rings (SSSR count). The lowest BCUT2D eigenvalue weighted by atomic mass is 10.1. The maximum atomic E-state index is 12.4. The Kier molecular flexibility index (Phi) is 7.90. The maximum absolute atomic E-state index is 12.4. The number of halogens is 1. The van der Waals surface area contributed by atoms with Crippen LogP contribution in [0.3, 0.4) is 0 Å². The fourth-order valence-corrected chi connectivity index (χ4v) is 2.53. The largest absolute Gasteiger partial charge is 0.493 e. The van der Waals surface area contributed by atoms with Gasteiger partial charge in [-0.2, -0.15) is 5.26 Å². The third kappa shape index (κ3) is 6.15. The molecule has 0 unspecified atom stereocenters. The van der Waals surface area contributed by atoms with Gasteiger partial charge in [0, 0.05) is 10.2 Å². The Bertz CT molecular complexity index is 855. The molecule has 1 N–H and O–H groups in total. The second-order valence-electron chi connectivity index (χ2n) is 5.74. The normalized spacial score (nSPS) is 10.8. The van der Waals surface area contributed by atoms with E-state index in [2.05, 4.69) is 28.2 Å². The Morgan fingerprint density at radius 3 is 2.59 bits per heavy atom. The van der Waals surface area contributed by atoms with Gasteiger partial charge in [0.15, 0.2) is 11.5 Å². The van der Waals surface area contributed by atoms with E-state index in [0.717, 1.165) is 17.3 Å². The van der Waals surface area contributed by atoms with E-state index < -0.39 is 5.91 Å². The molecular weight excluding hydrogens is 408 g/mol. The summed E-state index contributed by atoms with van der Waals surface area (Å²) in [6.45, 7) is 2.71. The predicted octanol–water partition coefficient (Wildman–Crippen LogP) is 5.18. The third-order valence-electron chi connectivity index (χ3n) is 3.72. The molecule has 0 radical (unpaired) electrons. The smallest absolute Gasteiger partial charge is 0.266 e. The summed E-state index contributed by atoms with van der Waals surface area (Å²) in [5, 5.41) is 12.1. The van der Waals surface area contributed by atoms with Crippen molar-refractivity contribution in [3.63, 3.8) is 0 Å². The second-order valence-corrected chi connectivity index (χ2v) is 6.66. The van der Waals surface area contributed by atoms with Gasteiger partial charge in [-0.05, 0) is 54.5 Å². The van der Waals surface area contributed by atoms with E-state index in [4.69, 9.17) is 9.47 Å². The lowest BCUT2D eigenvalue weighted by Gasteiger charge is -2.11. The predicted molar refractivity (Wildman–Crippen MR) is 110 cm³/mol. The van der Waals surface area contributed by atoms with Crippen LogP contribution in [0.1, 0.15) is 25.3 Å². The average Bonchev–Trinajstić information content (AvgIpc) is 2.68. The summed E-state index contributed by atoms with van der Waals surface area (Å²) in [4.78, 5) is 12.4. The highest BCUT2D eigenvalue weighted by atomic mass is 79.9. The topological polar surface area (TPSA) is 71.3 Å². The molecule has 0 aliphatic heterocycles. The van der Waals surface area contributed by atoms with Crippen molar-refractivity contribution >= 4 is 33.6 Å². The van der Waals surface area contributed by atoms with Gasteiger partial charge in [0.1, 0.15) is 11.6 Å². The van der Waals surface area contributed by atoms with E-state index in [1.165, 1.54) is 6.08 Å². The van der Waals surface area contributed by atoms with Crippen molar-refractivity contribution in [1.29, 1.82) is 5.26 Å². The van der Waals surface area contributed by atoms with Crippen molar-refractivity contribution in [2.75, 3.05) is 19.0 Å². The fourth-order valence-electron chi connectivity index (χ4n) is 2.27. The van der Waals surface area contributed by atoms with Gasteiger partial charge in [-0.1, -0.05) is 35.3 Å². The summed E-state index contributed by atoms with van der Waals surface area (Å²) < 4.78 is 12.0. The molecule has 0 aromatic heterocycles. The van der Waals surface area contributed by atoms with Gasteiger partial charge in [-0.25, -0.2) is 0 Å². The lowest BCUT2D eigenvalue weighted by Crippen LogP contribution is -2.13. The summed E-state index contributed by atoms with van der Waals surface area (Å²) in [5.74, 6) is 0.730. The van der Waals surface area contributed by atoms with Gasteiger partial charge in [0.2, 0.25) is 0 Å². The summed E-state index contributed by atoms with van der Waals surface area (Å²) in [6, 6.07) is 14.4. The third-order valence-corrected chi connectivity index (χ3v) is 4.25. The first-order chi connectivity index (χ1) is 13.1. The van der Waals surface area contributed by atoms with Crippen LogP contribution < -0.4 is 14.8 Å². The van der Waals surface area contributed by atoms with Crippen molar-refractivity contribution in [2.45, 2.75) is 19.8 Å². The fraction of sp³-hybridized carbons (Fsp3) is 0.238. The van der Waals surface area contributed by atoms with E-state index in [1.807, 2.05) is 18.2 Å². The molecule has 0 aliphatic carbocycles. The van der Waals surface area contributed by atoms with Gasteiger partial charge in [0.25, 0.3) is 5.91 Å². The zero-order valence-electron chi connectivity index (χ0n) is 15.3. The Labute approximate surface area is 167 Å². The minimum atomic E-state index is -0.470. The number of nitrogens with zero attached hydrogens (tertiary/aromatic N) is 1. The number of nitriles is 1. The first-order valence-corrected chi connectivity index (χ1v) is 9.36. The quantitative estimate of drug-likeness (QED) is 0.357.